The van der Waals surface area contributed by atoms with Crippen molar-refractivity contribution in [3.05, 3.63) is 218 Å². The maximum absolute atomic E-state index is 10.2. The summed E-state index contributed by atoms with van der Waals surface area (Å²) < 4.78 is 65.0. The van der Waals surface area contributed by atoms with Crippen molar-refractivity contribution in [3.8, 4) is 67.3 Å². The lowest BCUT2D eigenvalue weighted by Gasteiger charge is -2.18. The molecule has 0 saturated heterocycles. The van der Waals surface area contributed by atoms with Gasteiger partial charge < -0.3 is 4.42 Å². The van der Waals surface area contributed by atoms with Gasteiger partial charge in [0.15, 0.2) is 0 Å². The van der Waals surface area contributed by atoms with Gasteiger partial charge in [0.25, 0.3) is 0 Å². The van der Waals surface area contributed by atoms with Crippen molar-refractivity contribution in [2.75, 3.05) is 0 Å². The average Bonchev–Trinajstić information content (AvgIpc) is 3.77. The van der Waals surface area contributed by atoms with Crippen molar-refractivity contribution in [2.45, 2.75) is 0 Å². The number of rotatable bonds is 6. The molecule has 0 bridgehead atoms. The van der Waals surface area contributed by atoms with E-state index in [2.05, 4.69) is 41.4 Å². The largest absolute Gasteiger partial charge is 0.455 e. The summed E-state index contributed by atoms with van der Waals surface area (Å²) >= 11 is 0. The number of pyridine rings is 2. The highest BCUT2D eigenvalue weighted by Gasteiger charge is 2.29. The minimum absolute atomic E-state index is 0.0888. The third-order valence-corrected chi connectivity index (χ3v) is 11.7. The molecule has 0 amide bonds. The Morgan fingerprint density at radius 3 is 1.51 bits per heavy atom. The number of furan rings is 1. The minimum Gasteiger partial charge on any atom is -0.455 e. The Hall–Kier alpha value is -8.14. The summed E-state index contributed by atoms with van der Waals surface area (Å²) in [5, 5.41) is 5.80. The predicted octanol–water partition coefficient (Wildman–Crippen LogP) is 15.8. The number of fused-ring (bicyclic) bond motifs is 6. The van der Waals surface area contributed by atoms with E-state index in [-0.39, 0.29) is 46.1 Å². The molecule has 3 heteroatoms. The second-order valence-electron chi connectivity index (χ2n) is 15.1. The number of hydrogen-bond acceptors (Lipinski definition) is 3. The fourth-order valence-corrected chi connectivity index (χ4v) is 8.99. The molecule has 12 aromatic rings. The van der Waals surface area contributed by atoms with Crippen LogP contribution in [0.5, 0.6) is 0 Å². The molecule has 3 nitrogen and oxygen atoms in total. The number of aromatic nitrogens is 2. The molecule has 284 valence electrons. The topological polar surface area (TPSA) is 38.9 Å². The third kappa shape index (κ3) is 5.66. The van der Waals surface area contributed by atoms with Crippen molar-refractivity contribution < 1.29 is 12.6 Å². The van der Waals surface area contributed by atoms with Gasteiger partial charge >= 0.3 is 0 Å². The predicted molar refractivity (Wildman–Crippen MR) is 254 cm³/mol. The zero-order valence-corrected chi connectivity index (χ0v) is 32.6. The molecule has 0 aliphatic heterocycles. The molecule has 0 unspecified atom stereocenters. The summed E-state index contributed by atoms with van der Waals surface area (Å²) in [5.74, 6) is 0.914. The van der Waals surface area contributed by atoms with E-state index >= 15 is 0 Å². The van der Waals surface area contributed by atoms with Crippen molar-refractivity contribution >= 4 is 54.1 Å². The Balaban J connectivity index is 1.27. The summed E-state index contributed by atoms with van der Waals surface area (Å²) in [5.41, 5.74) is 7.32. The van der Waals surface area contributed by atoms with Gasteiger partial charge in [-0.3, -0.25) is 4.98 Å². The van der Waals surface area contributed by atoms with E-state index in [0.29, 0.717) is 44.9 Å². The number of hydrogen-bond donors (Lipinski definition) is 0. The van der Waals surface area contributed by atoms with E-state index in [9.17, 15) is 5.48 Å². The number of nitrogens with zero attached hydrogens (tertiary/aromatic N) is 2. The SMILES string of the molecule is [2H]c1c([2H])c([2H])c2c(-c3c(-c4ccccc4)oc(-c4c5ccccc5c(-c5ccccc5)c5ccccc45)c3-c3ccccc3)c([2H])c([2H])c(-c3ccc4ccc5cccnc5c4n3)c2c1[2H]. The van der Waals surface area contributed by atoms with Crippen molar-refractivity contribution in [3.63, 3.8) is 0 Å². The highest BCUT2D eigenvalue weighted by molar-refractivity contribution is 6.23. The number of benzene rings is 9. The normalized spacial score (nSPS) is 13.0. The molecular formula is C58H36N2O. The third-order valence-electron chi connectivity index (χ3n) is 11.7. The first kappa shape index (κ1) is 29.1. The van der Waals surface area contributed by atoms with Gasteiger partial charge in [0.2, 0.25) is 0 Å². The Bertz CT molecular complexity index is 3930. The van der Waals surface area contributed by atoms with E-state index in [4.69, 9.17) is 12.1 Å². The van der Waals surface area contributed by atoms with Gasteiger partial charge in [0, 0.05) is 44.8 Å². The molecule has 0 radical (unpaired) electrons. The Labute approximate surface area is 361 Å². The molecule has 3 heterocycles. The molecule has 0 aliphatic rings. The summed E-state index contributed by atoms with van der Waals surface area (Å²) in [4.78, 5) is 9.72. The quantitative estimate of drug-likeness (QED) is 0.125. The maximum Gasteiger partial charge on any atom is 0.144 e. The van der Waals surface area contributed by atoms with Gasteiger partial charge in [0.1, 0.15) is 11.5 Å². The van der Waals surface area contributed by atoms with Crippen LogP contribution in [0.3, 0.4) is 0 Å². The van der Waals surface area contributed by atoms with E-state index in [0.717, 1.165) is 54.6 Å². The molecular weight excluding hydrogens is 741 g/mol. The van der Waals surface area contributed by atoms with Crippen molar-refractivity contribution in [1.82, 2.24) is 9.97 Å². The first-order valence-corrected chi connectivity index (χ1v) is 20.3. The monoisotopic (exact) mass is 782 g/mol. The van der Waals surface area contributed by atoms with Crippen LogP contribution in [0.2, 0.25) is 0 Å². The van der Waals surface area contributed by atoms with Crippen LogP contribution in [0.4, 0.5) is 0 Å². The van der Waals surface area contributed by atoms with Crippen molar-refractivity contribution in [1.29, 1.82) is 0 Å². The summed E-state index contributed by atoms with van der Waals surface area (Å²) in [7, 11) is 0. The van der Waals surface area contributed by atoms with Crippen molar-refractivity contribution in [2.24, 2.45) is 0 Å². The van der Waals surface area contributed by atoms with Crippen LogP contribution in [0.25, 0.3) is 121 Å². The molecule has 0 N–H and O–H groups in total. The Kier molecular flexibility index (Phi) is 6.83. The fourth-order valence-electron chi connectivity index (χ4n) is 8.99. The van der Waals surface area contributed by atoms with Gasteiger partial charge in [-0.25, -0.2) is 4.98 Å². The van der Waals surface area contributed by atoms with Crippen LogP contribution in [0, 0.1) is 0 Å². The van der Waals surface area contributed by atoms with Crippen LogP contribution in [-0.4, -0.2) is 9.97 Å². The van der Waals surface area contributed by atoms with Gasteiger partial charge in [0.05, 0.1) is 25.0 Å². The summed E-state index contributed by atoms with van der Waals surface area (Å²) in [6, 6.07) is 55.7. The molecule has 3 aromatic heterocycles. The lowest BCUT2D eigenvalue weighted by Crippen LogP contribution is -1.93. The van der Waals surface area contributed by atoms with Gasteiger partial charge in [-0.15, -0.1) is 0 Å². The second-order valence-corrected chi connectivity index (χ2v) is 15.1. The average molecular weight is 783 g/mol. The van der Waals surface area contributed by atoms with Crippen LogP contribution in [-0.2, 0) is 0 Å². The molecule has 0 aliphatic carbocycles. The maximum atomic E-state index is 10.2. The molecule has 61 heavy (non-hydrogen) atoms. The lowest BCUT2D eigenvalue weighted by atomic mass is 9.84. The molecule has 12 rings (SSSR count). The molecule has 0 saturated carbocycles. The standard InChI is InChI=1S/C58H36N2O/c1-4-17-37(18-5-1)51-45-26-12-14-28-47(45)53(48-29-15-13-27-46(48)51)58-52(38-19-6-2-7-20-38)54(57(61-58)41-21-8-3-9-22-41)49-34-33-44(42-24-10-11-25-43(42)49)50-35-32-40-31-30-39-23-16-36-59-55(39)56(40)60-50/h1-36H/i10D,11D,24D,25D,33D,34D. The minimum atomic E-state index is -0.455. The zero-order chi connectivity index (χ0) is 45.5. The molecule has 0 fully saturated rings. The first-order chi connectivity index (χ1) is 32.8. The molecule has 9 aromatic carbocycles. The van der Waals surface area contributed by atoms with Gasteiger partial charge in [-0.1, -0.05) is 200 Å². The van der Waals surface area contributed by atoms with Crippen LogP contribution in [0.1, 0.15) is 8.22 Å². The highest BCUT2D eigenvalue weighted by atomic mass is 16.3. The van der Waals surface area contributed by atoms with E-state index < -0.39 is 12.1 Å². The zero-order valence-electron chi connectivity index (χ0n) is 38.6. The lowest BCUT2D eigenvalue weighted by molar-refractivity contribution is 0.600. The Morgan fingerprint density at radius 2 is 0.869 bits per heavy atom. The summed E-state index contributed by atoms with van der Waals surface area (Å²) in [6.07, 6.45) is 1.70. The Morgan fingerprint density at radius 1 is 0.361 bits per heavy atom. The van der Waals surface area contributed by atoms with Crippen LogP contribution in [0.15, 0.2) is 223 Å². The van der Waals surface area contributed by atoms with Crippen LogP contribution >= 0.6 is 0 Å². The van der Waals surface area contributed by atoms with E-state index in [1.807, 2.05) is 133 Å². The second kappa shape index (κ2) is 14.3. The van der Waals surface area contributed by atoms with Crippen LogP contribution < -0.4 is 0 Å². The summed E-state index contributed by atoms with van der Waals surface area (Å²) in [6.45, 7) is 0. The first-order valence-electron chi connectivity index (χ1n) is 23.3. The molecule has 0 atom stereocenters. The van der Waals surface area contributed by atoms with Gasteiger partial charge in [-0.05, 0) is 66.7 Å². The van der Waals surface area contributed by atoms with E-state index in [1.54, 1.807) is 12.3 Å². The fraction of sp³-hybridized carbons (Fsp3) is 0. The van der Waals surface area contributed by atoms with E-state index in [1.165, 1.54) is 0 Å². The molecule has 0 spiro atoms. The smallest absolute Gasteiger partial charge is 0.144 e. The van der Waals surface area contributed by atoms with Gasteiger partial charge in [-0.2, -0.15) is 0 Å². The highest BCUT2D eigenvalue weighted by Crippen LogP contribution is 2.54.